The van der Waals surface area contributed by atoms with Gasteiger partial charge >= 0.3 is 0 Å². The lowest BCUT2D eigenvalue weighted by Crippen LogP contribution is -2.41. The maximum Gasteiger partial charge on any atom is 0.260 e. The number of nitrogens with two attached hydrogens (primary N) is 1. The van der Waals surface area contributed by atoms with E-state index in [4.69, 9.17) is 5.84 Å². The van der Waals surface area contributed by atoms with Crippen molar-refractivity contribution in [3.8, 4) is 0 Å². The molecule has 0 bridgehead atoms. The molecule has 1 aliphatic rings. The summed E-state index contributed by atoms with van der Waals surface area (Å²) in [6.45, 7) is 1.86. The lowest BCUT2D eigenvalue weighted by molar-refractivity contribution is -0.135. The number of hydrogen-bond donors (Lipinski definition) is 1. The van der Waals surface area contributed by atoms with Crippen molar-refractivity contribution >= 4 is 11.6 Å². The van der Waals surface area contributed by atoms with Crippen LogP contribution < -0.4 is 5.84 Å². The molecule has 0 aliphatic carbocycles. The van der Waals surface area contributed by atoms with E-state index in [1.54, 1.807) is 0 Å². The Hall–Kier alpha value is -1.68. The van der Waals surface area contributed by atoms with Crippen molar-refractivity contribution < 1.29 is 4.79 Å². The van der Waals surface area contributed by atoms with Crippen LogP contribution in [0.25, 0.3) is 0 Å². The number of carbonyl (C=O) groups is 1. The third kappa shape index (κ3) is 1.89. The molecule has 4 heteroatoms. The van der Waals surface area contributed by atoms with Gasteiger partial charge in [0.25, 0.3) is 5.91 Å². The molecule has 0 saturated carbocycles. The highest BCUT2D eigenvalue weighted by Gasteiger charge is 2.25. The van der Waals surface area contributed by atoms with Crippen LogP contribution >= 0.6 is 0 Å². The number of hydrazine groups is 1. The van der Waals surface area contributed by atoms with Gasteiger partial charge in [-0.05, 0) is 5.56 Å². The molecule has 1 atom stereocenters. The second-order valence-electron chi connectivity index (χ2n) is 3.70. The van der Waals surface area contributed by atoms with Crippen LogP contribution in [-0.4, -0.2) is 16.7 Å². The van der Waals surface area contributed by atoms with E-state index >= 15 is 0 Å². The van der Waals surface area contributed by atoms with Gasteiger partial charge in [0.2, 0.25) is 0 Å². The standard InChI is InChI=1S/C11H13N3O/c1-8-7-10(13-14(12)11(8)15)9-5-3-2-4-6-9/h2-6,8H,7,12H2,1H3. The highest BCUT2D eigenvalue weighted by Crippen LogP contribution is 2.17. The van der Waals surface area contributed by atoms with Gasteiger partial charge in [-0.3, -0.25) is 4.79 Å². The van der Waals surface area contributed by atoms with Gasteiger partial charge in [-0.25, -0.2) is 5.84 Å². The smallest absolute Gasteiger partial charge is 0.260 e. The number of amides is 1. The topological polar surface area (TPSA) is 58.7 Å². The molecule has 1 aromatic carbocycles. The molecule has 1 heterocycles. The number of benzene rings is 1. The normalized spacial score (nSPS) is 21.5. The van der Waals surface area contributed by atoms with Crippen LogP contribution in [0.15, 0.2) is 35.4 Å². The zero-order chi connectivity index (χ0) is 10.8. The van der Waals surface area contributed by atoms with Crippen LogP contribution in [0.4, 0.5) is 0 Å². The molecular formula is C11H13N3O. The van der Waals surface area contributed by atoms with Crippen LogP contribution in [0.5, 0.6) is 0 Å². The SMILES string of the molecule is CC1CC(c2ccccc2)=NN(N)C1=O. The van der Waals surface area contributed by atoms with E-state index in [9.17, 15) is 4.79 Å². The zero-order valence-corrected chi connectivity index (χ0v) is 8.55. The van der Waals surface area contributed by atoms with Crippen LogP contribution in [0.1, 0.15) is 18.9 Å². The summed E-state index contributed by atoms with van der Waals surface area (Å²) in [4.78, 5) is 11.4. The molecule has 1 unspecified atom stereocenters. The molecule has 0 spiro atoms. The first-order valence-electron chi connectivity index (χ1n) is 4.90. The average Bonchev–Trinajstić information content (AvgIpc) is 2.26. The second kappa shape index (κ2) is 3.82. The van der Waals surface area contributed by atoms with Gasteiger partial charge < -0.3 is 0 Å². The number of carbonyl (C=O) groups excluding carboxylic acids is 1. The number of hydrogen-bond acceptors (Lipinski definition) is 3. The Morgan fingerprint density at radius 1 is 1.40 bits per heavy atom. The summed E-state index contributed by atoms with van der Waals surface area (Å²) in [6, 6.07) is 9.77. The van der Waals surface area contributed by atoms with Gasteiger partial charge in [-0.1, -0.05) is 37.3 Å². The van der Waals surface area contributed by atoms with E-state index in [2.05, 4.69) is 5.10 Å². The Morgan fingerprint density at radius 2 is 2.07 bits per heavy atom. The molecule has 0 aromatic heterocycles. The maximum atomic E-state index is 11.4. The van der Waals surface area contributed by atoms with E-state index in [1.807, 2.05) is 37.3 Å². The molecule has 78 valence electrons. The molecule has 1 aliphatic heterocycles. The second-order valence-corrected chi connectivity index (χ2v) is 3.70. The van der Waals surface area contributed by atoms with Crippen LogP contribution in [0.2, 0.25) is 0 Å². The fraction of sp³-hybridized carbons (Fsp3) is 0.273. The first-order valence-corrected chi connectivity index (χ1v) is 4.90. The molecule has 0 radical (unpaired) electrons. The monoisotopic (exact) mass is 203 g/mol. The average molecular weight is 203 g/mol. The van der Waals surface area contributed by atoms with Crippen molar-refractivity contribution in [2.45, 2.75) is 13.3 Å². The molecule has 2 rings (SSSR count). The largest absolute Gasteiger partial charge is 0.271 e. The Balaban J connectivity index is 2.32. The maximum absolute atomic E-state index is 11.4. The fourth-order valence-electron chi connectivity index (χ4n) is 1.63. The van der Waals surface area contributed by atoms with Gasteiger partial charge in [0.05, 0.1) is 5.71 Å². The van der Waals surface area contributed by atoms with Crippen LogP contribution in [0.3, 0.4) is 0 Å². The molecule has 0 saturated heterocycles. The van der Waals surface area contributed by atoms with E-state index < -0.39 is 0 Å². The highest BCUT2D eigenvalue weighted by atomic mass is 16.2. The Morgan fingerprint density at radius 3 is 2.67 bits per heavy atom. The third-order valence-electron chi connectivity index (χ3n) is 2.48. The summed E-state index contributed by atoms with van der Waals surface area (Å²) >= 11 is 0. The van der Waals surface area contributed by atoms with Crippen molar-refractivity contribution in [2.24, 2.45) is 16.9 Å². The van der Waals surface area contributed by atoms with Crippen LogP contribution in [-0.2, 0) is 4.79 Å². The van der Waals surface area contributed by atoms with Crippen molar-refractivity contribution in [3.05, 3.63) is 35.9 Å². The molecule has 0 fully saturated rings. The number of rotatable bonds is 1. The lowest BCUT2D eigenvalue weighted by Gasteiger charge is -2.23. The lowest BCUT2D eigenvalue weighted by atomic mass is 9.97. The Kier molecular flexibility index (Phi) is 2.51. The summed E-state index contributed by atoms with van der Waals surface area (Å²) in [5.41, 5.74) is 1.89. The van der Waals surface area contributed by atoms with Gasteiger partial charge in [-0.2, -0.15) is 10.2 Å². The number of nitrogens with zero attached hydrogens (tertiary/aromatic N) is 2. The predicted molar refractivity (Wildman–Crippen MR) is 57.8 cm³/mol. The molecule has 15 heavy (non-hydrogen) atoms. The first-order chi connectivity index (χ1) is 7.18. The molecule has 2 N–H and O–H groups in total. The van der Waals surface area contributed by atoms with Crippen LogP contribution in [0, 0.1) is 5.92 Å². The van der Waals surface area contributed by atoms with E-state index in [0.29, 0.717) is 6.42 Å². The molecular weight excluding hydrogens is 190 g/mol. The van der Waals surface area contributed by atoms with Gasteiger partial charge in [0.15, 0.2) is 0 Å². The third-order valence-corrected chi connectivity index (χ3v) is 2.48. The Bertz CT molecular complexity index is 400. The quantitative estimate of drug-likeness (QED) is 0.549. The molecule has 1 amide bonds. The highest BCUT2D eigenvalue weighted by molar-refractivity contribution is 6.04. The fourth-order valence-corrected chi connectivity index (χ4v) is 1.63. The minimum atomic E-state index is -0.130. The first kappa shape index (κ1) is 9.86. The Labute approximate surface area is 88.3 Å². The van der Waals surface area contributed by atoms with Crippen molar-refractivity contribution in [1.29, 1.82) is 0 Å². The summed E-state index contributed by atoms with van der Waals surface area (Å²) in [5.74, 6) is 5.27. The van der Waals surface area contributed by atoms with Gasteiger partial charge in [-0.15, -0.1) is 0 Å². The summed E-state index contributed by atoms with van der Waals surface area (Å²) < 4.78 is 0. The zero-order valence-electron chi connectivity index (χ0n) is 8.55. The van der Waals surface area contributed by atoms with E-state index in [0.717, 1.165) is 16.4 Å². The summed E-state index contributed by atoms with van der Waals surface area (Å²) in [7, 11) is 0. The van der Waals surface area contributed by atoms with Crippen molar-refractivity contribution in [2.75, 3.05) is 0 Å². The molecule has 1 aromatic rings. The van der Waals surface area contributed by atoms with Crippen molar-refractivity contribution in [3.63, 3.8) is 0 Å². The summed E-state index contributed by atoms with van der Waals surface area (Å²) in [6.07, 6.45) is 0.649. The minimum Gasteiger partial charge on any atom is -0.271 e. The predicted octanol–water partition coefficient (Wildman–Crippen LogP) is 1.13. The number of hydrazone groups is 1. The minimum absolute atomic E-state index is 0.0947. The van der Waals surface area contributed by atoms with Gasteiger partial charge in [0.1, 0.15) is 0 Å². The summed E-state index contributed by atoms with van der Waals surface area (Å²) in [5, 5.41) is 5.00. The van der Waals surface area contributed by atoms with E-state index in [1.165, 1.54) is 0 Å². The van der Waals surface area contributed by atoms with E-state index in [-0.39, 0.29) is 11.8 Å². The molecule has 4 nitrogen and oxygen atoms in total. The van der Waals surface area contributed by atoms with Gasteiger partial charge in [0, 0.05) is 12.3 Å². The van der Waals surface area contributed by atoms with Crippen molar-refractivity contribution in [1.82, 2.24) is 5.12 Å².